The fourth-order valence-corrected chi connectivity index (χ4v) is 4.28. The molecule has 0 spiro atoms. The number of imidazole rings is 1. The summed E-state index contributed by atoms with van der Waals surface area (Å²) in [4.78, 5) is 17.4. The molecule has 7 heteroatoms. The molecule has 0 aliphatic carbocycles. The number of fused-ring (bicyclic) bond motifs is 1. The second kappa shape index (κ2) is 8.73. The standard InChI is InChI=1S/C24H23N3O3S/c1-31(29,30)17-23-25-21-13-7-8-14-22(21)27(23)16-24(28)26-20-12-6-5-11-19(20)15-18-9-3-2-4-10-18/h2-14H,15-17H2,1H3,(H,26,28). The van der Waals surface area contributed by atoms with Crippen LogP contribution in [0.3, 0.4) is 0 Å². The zero-order chi connectivity index (χ0) is 21.8. The lowest BCUT2D eigenvalue weighted by atomic mass is 10.0. The van der Waals surface area contributed by atoms with Crippen LogP contribution in [0.2, 0.25) is 0 Å². The summed E-state index contributed by atoms with van der Waals surface area (Å²) in [6, 6.07) is 25.1. The Hall–Kier alpha value is -3.45. The molecule has 0 saturated carbocycles. The third kappa shape index (κ3) is 5.19. The van der Waals surface area contributed by atoms with Gasteiger partial charge in [-0.25, -0.2) is 13.4 Å². The van der Waals surface area contributed by atoms with Crippen LogP contribution in [0.15, 0.2) is 78.9 Å². The predicted molar refractivity (Wildman–Crippen MR) is 123 cm³/mol. The van der Waals surface area contributed by atoms with Gasteiger partial charge in [0.2, 0.25) is 5.91 Å². The number of hydrogen-bond donors (Lipinski definition) is 1. The Morgan fingerprint density at radius 2 is 1.61 bits per heavy atom. The van der Waals surface area contributed by atoms with Crippen molar-refractivity contribution in [2.45, 2.75) is 18.7 Å². The van der Waals surface area contributed by atoms with E-state index in [1.54, 1.807) is 4.57 Å². The lowest BCUT2D eigenvalue weighted by Gasteiger charge is -2.13. The average molecular weight is 434 g/mol. The Morgan fingerprint density at radius 3 is 2.39 bits per heavy atom. The van der Waals surface area contributed by atoms with Gasteiger partial charge < -0.3 is 9.88 Å². The van der Waals surface area contributed by atoms with E-state index in [4.69, 9.17) is 0 Å². The molecule has 158 valence electrons. The van der Waals surface area contributed by atoms with Crippen LogP contribution in [-0.4, -0.2) is 30.1 Å². The summed E-state index contributed by atoms with van der Waals surface area (Å²) >= 11 is 0. The van der Waals surface area contributed by atoms with Gasteiger partial charge in [0.15, 0.2) is 9.84 Å². The quantitative estimate of drug-likeness (QED) is 0.481. The highest BCUT2D eigenvalue weighted by molar-refractivity contribution is 7.89. The first-order valence-electron chi connectivity index (χ1n) is 9.92. The van der Waals surface area contributed by atoms with Gasteiger partial charge >= 0.3 is 0 Å². The smallest absolute Gasteiger partial charge is 0.244 e. The zero-order valence-electron chi connectivity index (χ0n) is 17.2. The van der Waals surface area contributed by atoms with Crippen LogP contribution < -0.4 is 5.32 Å². The molecule has 31 heavy (non-hydrogen) atoms. The summed E-state index contributed by atoms with van der Waals surface area (Å²) in [5, 5.41) is 2.99. The Balaban J connectivity index is 1.59. The summed E-state index contributed by atoms with van der Waals surface area (Å²) in [6.45, 7) is -0.0228. The van der Waals surface area contributed by atoms with Gasteiger partial charge in [0.1, 0.15) is 18.1 Å². The number of hydrogen-bond acceptors (Lipinski definition) is 4. The molecule has 3 aromatic carbocycles. The third-order valence-electron chi connectivity index (χ3n) is 4.96. The number of nitrogens with zero attached hydrogens (tertiary/aromatic N) is 2. The van der Waals surface area contributed by atoms with Crippen molar-refractivity contribution in [3.05, 3.63) is 95.8 Å². The summed E-state index contributed by atoms with van der Waals surface area (Å²) in [5.74, 6) is -0.102. The number of sulfone groups is 1. The molecule has 0 bridgehead atoms. The monoisotopic (exact) mass is 433 g/mol. The fourth-order valence-electron chi connectivity index (χ4n) is 3.59. The first kappa shape index (κ1) is 20.8. The van der Waals surface area contributed by atoms with E-state index in [1.807, 2.05) is 78.9 Å². The van der Waals surface area contributed by atoms with Crippen molar-refractivity contribution in [2.24, 2.45) is 0 Å². The molecule has 1 amide bonds. The SMILES string of the molecule is CS(=O)(=O)Cc1nc2ccccc2n1CC(=O)Nc1ccccc1Cc1ccccc1. The van der Waals surface area contributed by atoms with Gasteiger partial charge in [0.05, 0.1) is 11.0 Å². The van der Waals surface area contributed by atoms with Crippen LogP contribution in [0.5, 0.6) is 0 Å². The first-order chi connectivity index (χ1) is 14.9. The van der Waals surface area contributed by atoms with E-state index in [2.05, 4.69) is 10.3 Å². The number of para-hydroxylation sites is 3. The molecule has 0 unspecified atom stereocenters. The molecule has 4 rings (SSSR count). The van der Waals surface area contributed by atoms with Gasteiger partial charge in [-0.1, -0.05) is 60.7 Å². The summed E-state index contributed by atoms with van der Waals surface area (Å²) in [7, 11) is -3.30. The van der Waals surface area contributed by atoms with Crippen LogP contribution in [0.1, 0.15) is 17.0 Å². The highest BCUT2D eigenvalue weighted by atomic mass is 32.2. The highest BCUT2D eigenvalue weighted by Crippen LogP contribution is 2.21. The molecule has 0 atom stereocenters. The number of carbonyl (C=O) groups excluding carboxylic acids is 1. The van der Waals surface area contributed by atoms with Gasteiger partial charge in [-0.3, -0.25) is 4.79 Å². The van der Waals surface area contributed by atoms with Crippen molar-refractivity contribution in [2.75, 3.05) is 11.6 Å². The van der Waals surface area contributed by atoms with Crippen LogP contribution in [0, 0.1) is 0 Å². The van der Waals surface area contributed by atoms with Gasteiger partial charge in [-0.2, -0.15) is 0 Å². The molecule has 0 radical (unpaired) electrons. The minimum absolute atomic E-state index is 0.0228. The predicted octanol–water partition coefficient (Wildman–Crippen LogP) is 3.81. The number of amides is 1. The number of carbonyl (C=O) groups is 1. The van der Waals surface area contributed by atoms with E-state index >= 15 is 0 Å². The van der Waals surface area contributed by atoms with Crippen LogP contribution in [0.25, 0.3) is 11.0 Å². The Kier molecular flexibility index (Phi) is 5.86. The average Bonchev–Trinajstić information content (AvgIpc) is 3.05. The van der Waals surface area contributed by atoms with Gasteiger partial charge in [-0.05, 0) is 35.7 Å². The largest absolute Gasteiger partial charge is 0.324 e. The molecule has 0 aliphatic rings. The van der Waals surface area contributed by atoms with E-state index in [1.165, 1.54) is 0 Å². The fraction of sp³-hybridized carbons (Fsp3) is 0.167. The molecule has 0 fully saturated rings. The van der Waals surface area contributed by atoms with Crippen LogP contribution in [0.4, 0.5) is 5.69 Å². The molecule has 1 N–H and O–H groups in total. The molecule has 0 aliphatic heterocycles. The number of benzene rings is 3. The molecular formula is C24H23N3O3S. The maximum Gasteiger partial charge on any atom is 0.244 e. The van der Waals surface area contributed by atoms with E-state index in [0.29, 0.717) is 17.8 Å². The van der Waals surface area contributed by atoms with Gasteiger partial charge in [0, 0.05) is 11.9 Å². The number of aromatic nitrogens is 2. The van der Waals surface area contributed by atoms with Crippen molar-refractivity contribution in [1.29, 1.82) is 0 Å². The molecule has 6 nitrogen and oxygen atoms in total. The second-order valence-corrected chi connectivity index (χ2v) is 9.68. The first-order valence-corrected chi connectivity index (χ1v) is 12.0. The van der Waals surface area contributed by atoms with Crippen LogP contribution in [-0.2, 0) is 33.4 Å². The van der Waals surface area contributed by atoms with E-state index in [9.17, 15) is 13.2 Å². The molecule has 0 saturated heterocycles. The minimum atomic E-state index is -3.30. The number of anilines is 1. The van der Waals surface area contributed by atoms with Crippen molar-refractivity contribution in [1.82, 2.24) is 9.55 Å². The van der Waals surface area contributed by atoms with E-state index < -0.39 is 9.84 Å². The Bertz CT molecular complexity index is 1330. The minimum Gasteiger partial charge on any atom is -0.324 e. The van der Waals surface area contributed by atoms with Gasteiger partial charge in [-0.15, -0.1) is 0 Å². The molecular weight excluding hydrogens is 410 g/mol. The topological polar surface area (TPSA) is 81.1 Å². The van der Waals surface area contributed by atoms with Crippen molar-refractivity contribution in [3.63, 3.8) is 0 Å². The molecule has 1 aromatic heterocycles. The molecule has 4 aromatic rings. The zero-order valence-corrected chi connectivity index (χ0v) is 18.0. The van der Waals surface area contributed by atoms with E-state index in [0.717, 1.165) is 28.6 Å². The number of nitrogens with one attached hydrogen (secondary N) is 1. The highest BCUT2D eigenvalue weighted by Gasteiger charge is 2.18. The van der Waals surface area contributed by atoms with Crippen LogP contribution >= 0.6 is 0 Å². The second-order valence-electron chi connectivity index (χ2n) is 7.54. The lowest BCUT2D eigenvalue weighted by Crippen LogP contribution is -2.21. The summed E-state index contributed by atoms with van der Waals surface area (Å²) in [5.41, 5.74) is 4.30. The van der Waals surface area contributed by atoms with Crippen molar-refractivity contribution in [3.8, 4) is 0 Å². The lowest BCUT2D eigenvalue weighted by molar-refractivity contribution is -0.116. The molecule has 1 heterocycles. The normalized spacial score (nSPS) is 11.5. The summed E-state index contributed by atoms with van der Waals surface area (Å²) < 4.78 is 25.4. The Morgan fingerprint density at radius 1 is 0.935 bits per heavy atom. The third-order valence-corrected chi connectivity index (χ3v) is 5.74. The number of rotatable bonds is 7. The van der Waals surface area contributed by atoms with Crippen molar-refractivity contribution >= 4 is 32.5 Å². The maximum atomic E-state index is 12.9. The maximum absolute atomic E-state index is 12.9. The Labute approximate surface area is 181 Å². The van der Waals surface area contributed by atoms with Crippen molar-refractivity contribution < 1.29 is 13.2 Å². The van der Waals surface area contributed by atoms with Gasteiger partial charge in [0.25, 0.3) is 0 Å². The summed E-state index contributed by atoms with van der Waals surface area (Å²) in [6.07, 6.45) is 1.86. The van der Waals surface area contributed by atoms with E-state index in [-0.39, 0.29) is 18.2 Å².